The molecule has 6 heteroatoms. The Kier molecular flexibility index (Phi) is 3.03. The first-order valence-electron chi connectivity index (χ1n) is 6.25. The summed E-state index contributed by atoms with van der Waals surface area (Å²) in [6, 6.07) is 1.75. The maximum atomic E-state index is 6.11. The molecule has 0 amide bonds. The fourth-order valence-electron chi connectivity index (χ4n) is 2.31. The maximum Gasteiger partial charge on any atom is 0.162 e. The van der Waals surface area contributed by atoms with E-state index in [9.17, 15) is 0 Å². The number of hydrogen-bond donors (Lipinski definition) is 0. The first-order valence-corrected chi connectivity index (χ1v) is 6.63. The molecular weight excluding hydrogens is 264 g/mol. The minimum absolute atomic E-state index is 0.429. The summed E-state index contributed by atoms with van der Waals surface area (Å²) in [5, 5.41) is 4.58. The van der Waals surface area contributed by atoms with Gasteiger partial charge >= 0.3 is 0 Å². The monoisotopic (exact) mass is 278 g/mol. The maximum absolute atomic E-state index is 6.11. The number of halogens is 1. The van der Waals surface area contributed by atoms with Crippen molar-refractivity contribution < 1.29 is 4.74 Å². The first kappa shape index (κ1) is 12.6. The first-order chi connectivity index (χ1) is 9.07. The summed E-state index contributed by atoms with van der Waals surface area (Å²) in [5.74, 6) is 0.649. The highest BCUT2D eigenvalue weighted by molar-refractivity contribution is 6.29. The second-order valence-electron chi connectivity index (χ2n) is 4.99. The second-order valence-corrected chi connectivity index (χ2v) is 5.37. The summed E-state index contributed by atoms with van der Waals surface area (Å²) in [6.45, 7) is 2.76. The highest BCUT2D eigenvalue weighted by atomic mass is 35.5. The fraction of sp³-hybridized carbons (Fsp3) is 0.462. The minimum Gasteiger partial charge on any atom is -0.367 e. The molecule has 0 radical (unpaired) electrons. The molecule has 3 heterocycles. The van der Waals surface area contributed by atoms with Crippen LogP contribution in [0.4, 0.5) is 0 Å². The number of aryl methyl sites for hydroxylation is 1. The Hall–Kier alpha value is -1.46. The van der Waals surface area contributed by atoms with E-state index < -0.39 is 5.60 Å². The van der Waals surface area contributed by atoms with Crippen molar-refractivity contribution in [2.75, 3.05) is 6.61 Å². The van der Waals surface area contributed by atoms with Crippen LogP contribution < -0.4 is 0 Å². The number of rotatable bonds is 2. The molecule has 0 saturated carbocycles. The van der Waals surface area contributed by atoms with Gasteiger partial charge in [0.25, 0.3) is 0 Å². The van der Waals surface area contributed by atoms with E-state index in [0.29, 0.717) is 11.0 Å². The predicted molar refractivity (Wildman–Crippen MR) is 71.8 cm³/mol. The molecule has 1 fully saturated rings. The van der Waals surface area contributed by atoms with Crippen molar-refractivity contribution in [2.45, 2.75) is 25.4 Å². The fourth-order valence-corrected chi connectivity index (χ4v) is 2.49. The number of nitrogens with zero attached hydrogens (tertiary/aromatic N) is 4. The van der Waals surface area contributed by atoms with Crippen LogP contribution in [-0.4, -0.2) is 26.4 Å². The van der Waals surface area contributed by atoms with Gasteiger partial charge in [-0.05, 0) is 19.8 Å². The molecule has 100 valence electrons. The summed E-state index contributed by atoms with van der Waals surface area (Å²) in [6.07, 6.45) is 5.61. The molecule has 19 heavy (non-hydrogen) atoms. The van der Waals surface area contributed by atoms with E-state index in [1.807, 2.05) is 20.2 Å². The molecule has 0 bridgehead atoms. The van der Waals surface area contributed by atoms with Crippen molar-refractivity contribution in [3.8, 4) is 11.3 Å². The quantitative estimate of drug-likeness (QED) is 0.792. The van der Waals surface area contributed by atoms with E-state index >= 15 is 0 Å². The van der Waals surface area contributed by atoms with Gasteiger partial charge in [-0.1, -0.05) is 11.6 Å². The molecule has 3 rings (SSSR count). The average Bonchev–Trinajstić information content (AvgIpc) is 2.98. The van der Waals surface area contributed by atoms with Gasteiger partial charge in [-0.25, -0.2) is 9.97 Å². The van der Waals surface area contributed by atoms with Crippen molar-refractivity contribution in [1.29, 1.82) is 0 Å². The SMILES string of the molecule is Cn1cc(-c2cc(Cl)nc(C3(C)CCCO3)n2)cn1. The van der Waals surface area contributed by atoms with Gasteiger partial charge in [0.2, 0.25) is 0 Å². The van der Waals surface area contributed by atoms with Crippen LogP contribution >= 0.6 is 11.6 Å². The number of aromatic nitrogens is 4. The summed E-state index contributed by atoms with van der Waals surface area (Å²) in [5.41, 5.74) is 1.27. The van der Waals surface area contributed by atoms with Gasteiger partial charge in [-0.15, -0.1) is 0 Å². The second kappa shape index (κ2) is 4.58. The van der Waals surface area contributed by atoms with E-state index in [2.05, 4.69) is 15.1 Å². The highest BCUT2D eigenvalue weighted by Gasteiger charge is 2.35. The molecule has 1 unspecified atom stereocenters. The van der Waals surface area contributed by atoms with Gasteiger partial charge in [0, 0.05) is 31.5 Å². The van der Waals surface area contributed by atoms with Crippen LogP contribution in [0.25, 0.3) is 11.3 Å². The lowest BCUT2D eigenvalue weighted by Crippen LogP contribution is -2.23. The van der Waals surface area contributed by atoms with E-state index in [1.165, 1.54) is 0 Å². The van der Waals surface area contributed by atoms with Gasteiger partial charge in [0.15, 0.2) is 5.82 Å². The van der Waals surface area contributed by atoms with Gasteiger partial charge in [0.05, 0.1) is 11.9 Å². The lowest BCUT2D eigenvalue weighted by Gasteiger charge is -2.21. The third-order valence-corrected chi connectivity index (χ3v) is 3.58. The van der Waals surface area contributed by atoms with Crippen LogP contribution in [0, 0.1) is 0 Å². The molecular formula is C13H15ClN4O. The van der Waals surface area contributed by atoms with Gasteiger partial charge < -0.3 is 4.74 Å². The Morgan fingerprint density at radius 1 is 1.42 bits per heavy atom. The topological polar surface area (TPSA) is 52.8 Å². The van der Waals surface area contributed by atoms with Gasteiger partial charge in [-0.2, -0.15) is 5.10 Å². The van der Waals surface area contributed by atoms with Crippen LogP contribution in [0.15, 0.2) is 18.5 Å². The smallest absolute Gasteiger partial charge is 0.162 e. The number of hydrogen-bond acceptors (Lipinski definition) is 4. The molecule has 0 N–H and O–H groups in total. The normalized spacial score (nSPS) is 22.9. The Bertz CT molecular complexity index is 604. The largest absolute Gasteiger partial charge is 0.367 e. The Balaban J connectivity index is 2.05. The lowest BCUT2D eigenvalue weighted by molar-refractivity contribution is 0.00943. The van der Waals surface area contributed by atoms with Gasteiger partial charge in [0.1, 0.15) is 10.8 Å². The molecule has 0 spiro atoms. The van der Waals surface area contributed by atoms with Crippen LogP contribution in [0.5, 0.6) is 0 Å². The zero-order valence-electron chi connectivity index (χ0n) is 10.9. The van der Waals surface area contributed by atoms with Gasteiger partial charge in [-0.3, -0.25) is 4.68 Å². The van der Waals surface area contributed by atoms with Crippen LogP contribution in [0.3, 0.4) is 0 Å². The third kappa shape index (κ3) is 2.35. The molecule has 0 aromatic carbocycles. The number of ether oxygens (including phenoxy) is 1. The van der Waals surface area contributed by atoms with Crippen molar-refractivity contribution >= 4 is 11.6 Å². The predicted octanol–water partition coefficient (Wildman–Crippen LogP) is 2.56. The van der Waals surface area contributed by atoms with Crippen LogP contribution in [0.2, 0.25) is 5.15 Å². The Morgan fingerprint density at radius 3 is 2.89 bits per heavy atom. The molecule has 1 saturated heterocycles. The van der Waals surface area contributed by atoms with E-state index in [0.717, 1.165) is 30.7 Å². The Morgan fingerprint density at radius 2 is 2.26 bits per heavy atom. The molecule has 1 atom stereocenters. The van der Waals surface area contributed by atoms with Crippen LogP contribution in [-0.2, 0) is 17.4 Å². The molecule has 1 aliphatic heterocycles. The summed E-state index contributed by atoms with van der Waals surface area (Å²) >= 11 is 6.11. The summed E-state index contributed by atoms with van der Waals surface area (Å²) in [4.78, 5) is 8.92. The van der Waals surface area contributed by atoms with E-state index in [1.54, 1.807) is 16.9 Å². The zero-order chi connectivity index (χ0) is 13.5. The highest BCUT2D eigenvalue weighted by Crippen LogP contribution is 2.35. The van der Waals surface area contributed by atoms with Crippen LogP contribution in [0.1, 0.15) is 25.6 Å². The van der Waals surface area contributed by atoms with Crippen molar-refractivity contribution in [3.63, 3.8) is 0 Å². The third-order valence-electron chi connectivity index (χ3n) is 3.39. The van der Waals surface area contributed by atoms with Crippen molar-refractivity contribution in [3.05, 3.63) is 29.4 Å². The Labute approximate surface area is 116 Å². The van der Waals surface area contributed by atoms with Crippen molar-refractivity contribution in [1.82, 2.24) is 19.7 Å². The molecule has 0 aliphatic carbocycles. The van der Waals surface area contributed by atoms with Crippen molar-refractivity contribution in [2.24, 2.45) is 7.05 Å². The van der Waals surface area contributed by atoms with E-state index in [4.69, 9.17) is 16.3 Å². The summed E-state index contributed by atoms with van der Waals surface area (Å²) < 4.78 is 7.51. The molecule has 2 aromatic rings. The molecule has 5 nitrogen and oxygen atoms in total. The molecule has 1 aliphatic rings. The standard InChI is InChI=1S/C13H15ClN4O/c1-13(4-3-5-19-13)12-16-10(6-11(14)17-12)9-7-15-18(2)8-9/h6-8H,3-5H2,1-2H3. The summed E-state index contributed by atoms with van der Waals surface area (Å²) in [7, 11) is 1.87. The molecule has 2 aromatic heterocycles. The zero-order valence-corrected chi connectivity index (χ0v) is 11.7. The van der Waals surface area contributed by atoms with E-state index in [-0.39, 0.29) is 0 Å². The lowest BCUT2D eigenvalue weighted by atomic mass is 10.0. The average molecular weight is 279 g/mol. The minimum atomic E-state index is -0.429.